The first-order valence-corrected chi connectivity index (χ1v) is 6.59. The molecule has 1 aliphatic heterocycles. The highest BCUT2D eigenvalue weighted by Gasteiger charge is 2.27. The van der Waals surface area contributed by atoms with Crippen molar-refractivity contribution in [3.63, 3.8) is 0 Å². The summed E-state index contributed by atoms with van der Waals surface area (Å²) in [5.74, 6) is 0.291. The minimum atomic E-state index is -0.612. The predicted octanol–water partition coefficient (Wildman–Crippen LogP) is 1.86. The van der Waals surface area contributed by atoms with Gasteiger partial charge in [-0.1, -0.05) is 6.07 Å². The van der Waals surface area contributed by atoms with E-state index in [2.05, 4.69) is 15.6 Å². The molecule has 1 atom stereocenters. The summed E-state index contributed by atoms with van der Waals surface area (Å²) in [5.41, 5.74) is 0.379. The van der Waals surface area contributed by atoms with E-state index in [0.29, 0.717) is 18.7 Å². The smallest absolute Gasteiger partial charge is 0.408 e. The molecule has 2 rings (SSSR count). The molecule has 2 amide bonds. The Morgan fingerprint density at radius 1 is 1.50 bits per heavy atom. The molecule has 0 saturated carbocycles. The lowest BCUT2D eigenvalue weighted by Crippen LogP contribution is -2.45. The fraction of sp³-hybridized carbons (Fsp3) is 0.500. The van der Waals surface area contributed by atoms with Crippen LogP contribution >= 0.6 is 0 Å². The van der Waals surface area contributed by atoms with Gasteiger partial charge in [-0.3, -0.25) is 4.79 Å². The van der Waals surface area contributed by atoms with Gasteiger partial charge < -0.3 is 15.4 Å². The van der Waals surface area contributed by atoms with E-state index < -0.39 is 17.7 Å². The van der Waals surface area contributed by atoms with E-state index in [-0.39, 0.29) is 5.91 Å². The van der Waals surface area contributed by atoms with E-state index in [1.54, 1.807) is 27.0 Å². The summed E-state index contributed by atoms with van der Waals surface area (Å²) in [6, 6.07) is 3.13. The average Bonchev–Trinajstić information content (AvgIpc) is 2.47. The summed E-state index contributed by atoms with van der Waals surface area (Å²) >= 11 is 0. The zero-order chi connectivity index (χ0) is 14.8. The van der Waals surface area contributed by atoms with E-state index >= 15 is 0 Å². The number of aryl methyl sites for hydroxylation is 1. The van der Waals surface area contributed by atoms with E-state index in [9.17, 15) is 9.59 Å². The normalized spacial score (nSPS) is 18.6. The number of nitrogens with zero attached hydrogens (tertiary/aromatic N) is 1. The highest BCUT2D eigenvalue weighted by molar-refractivity contribution is 5.97. The Morgan fingerprint density at radius 2 is 2.25 bits per heavy atom. The maximum Gasteiger partial charge on any atom is 0.408 e. The third kappa shape index (κ3) is 3.69. The number of pyridine rings is 1. The number of nitrogens with one attached hydrogen (secondary N) is 2. The largest absolute Gasteiger partial charge is 0.444 e. The van der Waals surface area contributed by atoms with Gasteiger partial charge in [-0.25, -0.2) is 9.78 Å². The molecule has 0 aromatic carbocycles. The molecule has 1 aromatic rings. The van der Waals surface area contributed by atoms with Crippen molar-refractivity contribution in [2.75, 3.05) is 5.32 Å². The van der Waals surface area contributed by atoms with Gasteiger partial charge in [0.15, 0.2) is 0 Å². The number of alkyl carbamates (subject to hydrolysis) is 1. The number of ether oxygens (including phenoxy) is 1. The fourth-order valence-electron chi connectivity index (χ4n) is 1.98. The number of hydrogen-bond acceptors (Lipinski definition) is 4. The number of hydrogen-bond donors (Lipinski definition) is 2. The Morgan fingerprint density at radius 3 is 2.95 bits per heavy atom. The first-order chi connectivity index (χ1) is 9.35. The molecule has 2 heterocycles. The van der Waals surface area contributed by atoms with Crippen molar-refractivity contribution in [2.45, 2.75) is 45.3 Å². The lowest BCUT2D eigenvalue weighted by molar-refractivity contribution is -0.118. The van der Waals surface area contributed by atoms with Gasteiger partial charge in [0.1, 0.15) is 17.5 Å². The van der Waals surface area contributed by atoms with E-state index in [1.165, 1.54) is 0 Å². The van der Waals surface area contributed by atoms with E-state index in [4.69, 9.17) is 4.74 Å². The number of rotatable bonds is 1. The average molecular weight is 277 g/mol. The van der Waals surface area contributed by atoms with Crippen LogP contribution in [0, 0.1) is 0 Å². The second-order valence-corrected chi connectivity index (χ2v) is 5.74. The molecule has 1 aromatic heterocycles. The van der Waals surface area contributed by atoms with Gasteiger partial charge in [0.2, 0.25) is 5.91 Å². The van der Waals surface area contributed by atoms with Gasteiger partial charge >= 0.3 is 6.09 Å². The van der Waals surface area contributed by atoms with Crippen molar-refractivity contribution < 1.29 is 14.3 Å². The maximum atomic E-state index is 12.1. The van der Waals surface area contributed by atoms with Crippen LogP contribution in [0.5, 0.6) is 0 Å². The van der Waals surface area contributed by atoms with Crippen LogP contribution in [0.4, 0.5) is 10.6 Å². The summed E-state index contributed by atoms with van der Waals surface area (Å²) in [5, 5.41) is 5.32. The highest BCUT2D eigenvalue weighted by Crippen LogP contribution is 2.19. The molecular weight excluding hydrogens is 258 g/mol. The molecule has 0 bridgehead atoms. The summed E-state index contributed by atoms with van der Waals surface area (Å²) in [7, 11) is 0. The second kappa shape index (κ2) is 5.48. The fourth-order valence-corrected chi connectivity index (χ4v) is 1.98. The molecule has 0 aliphatic carbocycles. The first kappa shape index (κ1) is 14.3. The summed E-state index contributed by atoms with van der Waals surface area (Å²) in [6.07, 6.45) is 2.23. The Labute approximate surface area is 117 Å². The van der Waals surface area contributed by atoms with Gasteiger partial charge in [0, 0.05) is 6.20 Å². The van der Waals surface area contributed by atoms with Crippen molar-refractivity contribution in [2.24, 2.45) is 0 Å². The maximum absolute atomic E-state index is 12.1. The standard InChI is InChI=1S/C14H19N3O3/c1-14(2,3)20-13(19)16-10-7-6-9-5-4-8-15-11(9)17-12(10)18/h4-5,8,10H,6-7H2,1-3H3,(H,16,19)(H,15,17,18). The summed E-state index contributed by atoms with van der Waals surface area (Å²) < 4.78 is 5.16. The molecule has 2 N–H and O–H groups in total. The Balaban J connectivity index is 2.02. The van der Waals surface area contributed by atoms with E-state index in [1.807, 2.05) is 12.1 Å². The van der Waals surface area contributed by atoms with Gasteiger partial charge in [0.25, 0.3) is 0 Å². The monoisotopic (exact) mass is 277 g/mol. The third-order valence-electron chi connectivity index (χ3n) is 2.84. The van der Waals surface area contributed by atoms with E-state index in [0.717, 1.165) is 5.56 Å². The zero-order valence-corrected chi connectivity index (χ0v) is 11.9. The SMILES string of the molecule is CC(C)(C)OC(=O)NC1CCc2cccnc2NC1=O. The number of aromatic nitrogens is 1. The lowest BCUT2D eigenvalue weighted by Gasteiger charge is -2.22. The molecule has 1 unspecified atom stereocenters. The molecule has 20 heavy (non-hydrogen) atoms. The van der Waals surface area contributed by atoms with Crippen LogP contribution < -0.4 is 10.6 Å². The third-order valence-corrected chi connectivity index (χ3v) is 2.84. The highest BCUT2D eigenvalue weighted by atomic mass is 16.6. The zero-order valence-electron chi connectivity index (χ0n) is 11.9. The number of amides is 2. The molecule has 0 saturated heterocycles. The van der Waals surface area contributed by atoms with Crippen molar-refractivity contribution in [3.8, 4) is 0 Å². The van der Waals surface area contributed by atoms with Gasteiger partial charge in [-0.2, -0.15) is 0 Å². The molecule has 1 aliphatic rings. The van der Waals surface area contributed by atoms with Crippen LogP contribution in [0.1, 0.15) is 32.8 Å². The van der Waals surface area contributed by atoms with Gasteiger partial charge in [0.05, 0.1) is 0 Å². The van der Waals surface area contributed by atoms with Crippen molar-refractivity contribution in [3.05, 3.63) is 23.9 Å². The Bertz CT molecular complexity index is 523. The Hall–Kier alpha value is -2.11. The van der Waals surface area contributed by atoms with Crippen molar-refractivity contribution in [1.82, 2.24) is 10.3 Å². The molecule has 6 heteroatoms. The van der Waals surface area contributed by atoms with Crippen LogP contribution in [-0.2, 0) is 16.0 Å². The minimum absolute atomic E-state index is 0.270. The number of fused-ring (bicyclic) bond motifs is 1. The first-order valence-electron chi connectivity index (χ1n) is 6.59. The lowest BCUT2D eigenvalue weighted by atomic mass is 10.1. The molecule has 0 spiro atoms. The minimum Gasteiger partial charge on any atom is -0.444 e. The topological polar surface area (TPSA) is 80.3 Å². The van der Waals surface area contributed by atoms with Gasteiger partial charge in [-0.15, -0.1) is 0 Å². The summed E-state index contributed by atoms with van der Waals surface area (Å²) in [6.45, 7) is 5.33. The van der Waals surface area contributed by atoms with Crippen LogP contribution in [-0.4, -0.2) is 28.6 Å². The van der Waals surface area contributed by atoms with Crippen LogP contribution in [0.25, 0.3) is 0 Å². The number of carbonyl (C=O) groups excluding carboxylic acids is 2. The Kier molecular flexibility index (Phi) is 3.92. The predicted molar refractivity (Wildman–Crippen MR) is 74.3 cm³/mol. The molecule has 6 nitrogen and oxygen atoms in total. The molecule has 108 valence electrons. The number of carbonyl (C=O) groups is 2. The molecule has 0 radical (unpaired) electrons. The summed E-state index contributed by atoms with van der Waals surface area (Å²) in [4.78, 5) is 27.9. The van der Waals surface area contributed by atoms with Crippen molar-refractivity contribution in [1.29, 1.82) is 0 Å². The number of anilines is 1. The van der Waals surface area contributed by atoms with Crippen molar-refractivity contribution >= 4 is 17.8 Å². The van der Waals surface area contributed by atoms with Crippen LogP contribution in [0.3, 0.4) is 0 Å². The van der Waals surface area contributed by atoms with Gasteiger partial charge in [-0.05, 0) is 45.2 Å². The van der Waals surface area contributed by atoms with Crippen LogP contribution in [0.15, 0.2) is 18.3 Å². The van der Waals surface area contributed by atoms with Crippen LogP contribution in [0.2, 0.25) is 0 Å². The molecular formula is C14H19N3O3. The molecule has 0 fully saturated rings. The second-order valence-electron chi connectivity index (χ2n) is 5.74. The quantitative estimate of drug-likeness (QED) is 0.821.